The number of aliphatic hydroxyl groups excluding tert-OH is 1. The molecule has 0 fully saturated rings. The summed E-state index contributed by atoms with van der Waals surface area (Å²) in [6, 6.07) is 11.2. The zero-order valence-electron chi connectivity index (χ0n) is 10.9. The second kappa shape index (κ2) is 6.04. The molecule has 2 aromatic rings. The second-order valence-corrected chi connectivity index (χ2v) is 4.94. The molecule has 0 saturated carbocycles. The Kier molecular flexibility index (Phi) is 4.40. The molecule has 19 heavy (non-hydrogen) atoms. The lowest BCUT2D eigenvalue weighted by Gasteiger charge is -2.13. The Morgan fingerprint density at radius 1 is 1.21 bits per heavy atom. The van der Waals surface area contributed by atoms with Crippen LogP contribution < -0.4 is 4.74 Å². The minimum absolute atomic E-state index is 0.206. The van der Waals surface area contributed by atoms with Crippen molar-refractivity contribution in [2.24, 2.45) is 0 Å². The molecule has 3 nitrogen and oxygen atoms in total. The van der Waals surface area contributed by atoms with E-state index in [1.165, 1.54) is 0 Å². The van der Waals surface area contributed by atoms with Crippen molar-refractivity contribution in [3.8, 4) is 11.6 Å². The van der Waals surface area contributed by atoms with Gasteiger partial charge >= 0.3 is 0 Å². The smallest absolute Gasteiger partial charge is 0.219 e. The number of aromatic nitrogens is 1. The molecule has 0 aliphatic carbocycles. The molecule has 0 unspecified atom stereocenters. The summed E-state index contributed by atoms with van der Waals surface area (Å²) in [7, 11) is 0. The van der Waals surface area contributed by atoms with Gasteiger partial charge in [0.05, 0.1) is 17.3 Å². The summed E-state index contributed by atoms with van der Waals surface area (Å²) in [6.45, 7) is 4.01. The van der Waals surface area contributed by atoms with E-state index < -0.39 is 0 Å². The van der Waals surface area contributed by atoms with Crippen LogP contribution in [0.4, 0.5) is 0 Å². The van der Waals surface area contributed by atoms with Gasteiger partial charge < -0.3 is 9.84 Å². The van der Waals surface area contributed by atoms with Crippen LogP contribution in [-0.2, 0) is 6.61 Å². The third-order valence-corrected chi connectivity index (χ3v) is 3.14. The van der Waals surface area contributed by atoms with Crippen LogP contribution in [0.1, 0.15) is 31.0 Å². The zero-order valence-corrected chi connectivity index (χ0v) is 11.7. The van der Waals surface area contributed by atoms with Gasteiger partial charge in [0.1, 0.15) is 5.75 Å². The van der Waals surface area contributed by atoms with E-state index >= 15 is 0 Å². The highest BCUT2D eigenvalue weighted by Gasteiger charge is 2.10. The van der Waals surface area contributed by atoms with Crippen LogP contribution in [0.5, 0.6) is 11.6 Å². The fourth-order valence-electron chi connectivity index (χ4n) is 1.80. The summed E-state index contributed by atoms with van der Waals surface area (Å²) in [4.78, 5) is 4.18. The minimum Gasteiger partial charge on any atom is -0.439 e. The Labute approximate surface area is 117 Å². The van der Waals surface area contributed by atoms with Crippen molar-refractivity contribution < 1.29 is 9.84 Å². The summed E-state index contributed by atoms with van der Waals surface area (Å²) in [5.74, 6) is 1.57. The third kappa shape index (κ3) is 3.25. The van der Waals surface area contributed by atoms with Gasteiger partial charge in [-0.3, -0.25) is 0 Å². The van der Waals surface area contributed by atoms with Crippen LogP contribution >= 0.6 is 11.6 Å². The monoisotopic (exact) mass is 277 g/mol. The molecule has 0 spiro atoms. The van der Waals surface area contributed by atoms with Crippen molar-refractivity contribution in [3.63, 3.8) is 0 Å². The van der Waals surface area contributed by atoms with Gasteiger partial charge in [0.25, 0.3) is 0 Å². The summed E-state index contributed by atoms with van der Waals surface area (Å²) in [5, 5.41) is 9.59. The van der Waals surface area contributed by atoms with Crippen molar-refractivity contribution in [3.05, 3.63) is 52.7 Å². The number of para-hydroxylation sites is 1. The Morgan fingerprint density at radius 2 is 1.95 bits per heavy atom. The highest BCUT2D eigenvalue weighted by Crippen LogP contribution is 2.30. The SMILES string of the molecule is CC(C)c1ccccc1Oc1ccc(Cl)c(CO)n1. The molecule has 0 aliphatic heterocycles. The van der Waals surface area contributed by atoms with Crippen LogP contribution in [-0.4, -0.2) is 10.1 Å². The van der Waals surface area contributed by atoms with Crippen molar-refractivity contribution in [2.45, 2.75) is 26.4 Å². The Balaban J connectivity index is 2.31. The average Bonchev–Trinajstić information content (AvgIpc) is 2.41. The fourth-order valence-corrected chi connectivity index (χ4v) is 1.96. The second-order valence-electron chi connectivity index (χ2n) is 4.53. The number of hydrogen-bond donors (Lipinski definition) is 1. The maximum absolute atomic E-state index is 9.15. The number of rotatable bonds is 4. The number of aliphatic hydroxyl groups is 1. The lowest BCUT2D eigenvalue weighted by atomic mass is 10.0. The Bertz CT molecular complexity index is 570. The standard InChI is InChI=1S/C15H16ClNO2/c1-10(2)11-5-3-4-6-14(11)19-15-8-7-12(16)13(9-18)17-15/h3-8,10,18H,9H2,1-2H3. The molecule has 0 bridgehead atoms. The number of benzene rings is 1. The quantitative estimate of drug-likeness (QED) is 0.913. The molecule has 0 atom stereocenters. The highest BCUT2D eigenvalue weighted by molar-refractivity contribution is 6.31. The molecule has 100 valence electrons. The van der Waals surface area contributed by atoms with Gasteiger partial charge in [0.2, 0.25) is 5.88 Å². The van der Waals surface area contributed by atoms with E-state index in [-0.39, 0.29) is 6.61 Å². The predicted octanol–water partition coefficient (Wildman–Crippen LogP) is 4.14. The maximum atomic E-state index is 9.15. The topological polar surface area (TPSA) is 42.4 Å². The molecule has 4 heteroatoms. The third-order valence-electron chi connectivity index (χ3n) is 2.80. The molecule has 0 amide bonds. The predicted molar refractivity (Wildman–Crippen MR) is 75.8 cm³/mol. The van der Waals surface area contributed by atoms with Crippen LogP contribution in [0.15, 0.2) is 36.4 Å². The number of pyridine rings is 1. The summed E-state index contributed by atoms with van der Waals surface area (Å²) in [6.07, 6.45) is 0. The Hall–Kier alpha value is -1.58. The molecule has 0 radical (unpaired) electrons. The average molecular weight is 278 g/mol. The zero-order chi connectivity index (χ0) is 13.8. The van der Waals surface area contributed by atoms with Crippen LogP contribution in [0.25, 0.3) is 0 Å². The number of nitrogens with zero attached hydrogens (tertiary/aromatic N) is 1. The lowest BCUT2D eigenvalue weighted by Crippen LogP contribution is -1.97. The molecule has 0 saturated heterocycles. The van der Waals surface area contributed by atoms with E-state index in [0.29, 0.717) is 22.5 Å². The molecule has 1 aromatic heterocycles. The minimum atomic E-state index is -0.206. The van der Waals surface area contributed by atoms with E-state index in [2.05, 4.69) is 18.8 Å². The van der Waals surface area contributed by atoms with E-state index in [9.17, 15) is 0 Å². The van der Waals surface area contributed by atoms with Gasteiger partial charge in [-0.15, -0.1) is 0 Å². The fraction of sp³-hybridized carbons (Fsp3) is 0.267. The first-order chi connectivity index (χ1) is 9.11. The van der Waals surface area contributed by atoms with Crippen molar-refractivity contribution in [1.82, 2.24) is 4.98 Å². The highest BCUT2D eigenvalue weighted by atomic mass is 35.5. The molecule has 2 rings (SSSR count). The van der Waals surface area contributed by atoms with Gasteiger partial charge in [0.15, 0.2) is 0 Å². The van der Waals surface area contributed by atoms with Gasteiger partial charge in [-0.2, -0.15) is 0 Å². The first kappa shape index (κ1) is 13.8. The molecule has 1 aromatic carbocycles. The number of halogens is 1. The van der Waals surface area contributed by atoms with Gasteiger partial charge in [0, 0.05) is 6.07 Å². The van der Waals surface area contributed by atoms with Gasteiger partial charge in [-0.05, 0) is 23.6 Å². The summed E-state index contributed by atoms with van der Waals surface area (Å²) < 4.78 is 5.79. The molecular weight excluding hydrogens is 262 g/mol. The van der Waals surface area contributed by atoms with E-state index in [0.717, 1.165) is 11.3 Å². The number of hydrogen-bond acceptors (Lipinski definition) is 3. The normalized spacial score (nSPS) is 10.8. The van der Waals surface area contributed by atoms with Crippen LogP contribution in [0.3, 0.4) is 0 Å². The van der Waals surface area contributed by atoms with Crippen LogP contribution in [0, 0.1) is 0 Å². The summed E-state index contributed by atoms with van der Waals surface area (Å²) >= 11 is 5.90. The van der Waals surface area contributed by atoms with Crippen molar-refractivity contribution in [2.75, 3.05) is 0 Å². The first-order valence-corrected chi connectivity index (χ1v) is 6.52. The number of ether oxygens (including phenoxy) is 1. The maximum Gasteiger partial charge on any atom is 0.219 e. The van der Waals surface area contributed by atoms with Crippen LogP contribution in [0.2, 0.25) is 5.02 Å². The van der Waals surface area contributed by atoms with Crippen molar-refractivity contribution >= 4 is 11.6 Å². The first-order valence-electron chi connectivity index (χ1n) is 6.15. The Morgan fingerprint density at radius 3 is 2.63 bits per heavy atom. The van der Waals surface area contributed by atoms with E-state index in [1.807, 2.05) is 24.3 Å². The van der Waals surface area contributed by atoms with E-state index in [1.54, 1.807) is 12.1 Å². The van der Waals surface area contributed by atoms with E-state index in [4.69, 9.17) is 21.4 Å². The molecule has 0 aliphatic rings. The molecular formula is C15H16ClNO2. The summed E-state index contributed by atoms with van der Waals surface area (Å²) in [5.41, 5.74) is 1.53. The lowest BCUT2D eigenvalue weighted by molar-refractivity contribution is 0.275. The molecule has 1 heterocycles. The molecule has 1 N–H and O–H groups in total. The van der Waals surface area contributed by atoms with Gasteiger partial charge in [-0.1, -0.05) is 43.6 Å². The van der Waals surface area contributed by atoms with Gasteiger partial charge in [-0.25, -0.2) is 4.98 Å². The van der Waals surface area contributed by atoms with Crippen molar-refractivity contribution in [1.29, 1.82) is 0 Å². The largest absolute Gasteiger partial charge is 0.439 e.